The van der Waals surface area contributed by atoms with Gasteiger partial charge in [-0.1, -0.05) is 13.3 Å². The van der Waals surface area contributed by atoms with Crippen LogP contribution in [0.4, 0.5) is 0 Å². The molecule has 0 amide bonds. The molecule has 84 valence electrons. The normalized spacial score (nSPS) is 26.6. The summed E-state index contributed by atoms with van der Waals surface area (Å²) in [7, 11) is 0. The second kappa shape index (κ2) is 5.13. The van der Waals surface area contributed by atoms with Gasteiger partial charge in [-0.05, 0) is 52.0 Å². The van der Waals surface area contributed by atoms with Gasteiger partial charge in [0.1, 0.15) is 0 Å². The minimum absolute atomic E-state index is 0.00799. The lowest BCUT2D eigenvalue weighted by atomic mass is 10.0. The first kappa shape index (κ1) is 12.0. The van der Waals surface area contributed by atoms with Crippen LogP contribution in [0.1, 0.15) is 52.9 Å². The Labute approximate surface area is 88.6 Å². The predicted molar refractivity (Wildman–Crippen MR) is 62.3 cm³/mol. The second-order valence-corrected chi connectivity index (χ2v) is 5.44. The van der Waals surface area contributed by atoms with Crippen LogP contribution < -0.4 is 11.1 Å². The highest BCUT2D eigenvalue weighted by Gasteiger charge is 2.34. The van der Waals surface area contributed by atoms with Crippen LogP contribution in [-0.4, -0.2) is 18.1 Å². The third-order valence-electron chi connectivity index (χ3n) is 2.99. The van der Waals surface area contributed by atoms with Gasteiger partial charge in [0.25, 0.3) is 0 Å². The number of hydrogen-bond donors (Lipinski definition) is 2. The van der Waals surface area contributed by atoms with Crippen molar-refractivity contribution < 1.29 is 0 Å². The van der Waals surface area contributed by atoms with Crippen LogP contribution in [0.5, 0.6) is 0 Å². The average molecular weight is 198 g/mol. The van der Waals surface area contributed by atoms with Gasteiger partial charge < -0.3 is 11.1 Å². The van der Waals surface area contributed by atoms with Gasteiger partial charge in [-0.2, -0.15) is 0 Å². The molecule has 1 saturated carbocycles. The Balaban J connectivity index is 1.91. The molecule has 1 rings (SSSR count). The van der Waals surface area contributed by atoms with Crippen LogP contribution in [0, 0.1) is 5.92 Å². The van der Waals surface area contributed by atoms with E-state index in [0.29, 0.717) is 0 Å². The van der Waals surface area contributed by atoms with Gasteiger partial charge >= 0.3 is 0 Å². The number of hydrogen-bond acceptors (Lipinski definition) is 2. The first-order chi connectivity index (χ1) is 6.53. The van der Waals surface area contributed by atoms with E-state index in [2.05, 4.69) is 26.1 Å². The van der Waals surface area contributed by atoms with Crippen molar-refractivity contribution in [1.82, 2.24) is 5.32 Å². The standard InChI is InChI=1S/C12H26N2/c1-4-6-10-9-11(10)14-8-5-7-12(2,3)13/h10-11,14H,4-9,13H2,1-3H3. The molecular formula is C12H26N2. The zero-order chi connectivity index (χ0) is 10.6. The van der Waals surface area contributed by atoms with Crippen LogP contribution in [0.25, 0.3) is 0 Å². The fraction of sp³-hybridized carbons (Fsp3) is 1.00. The molecule has 0 radical (unpaired) electrons. The van der Waals surface area contributed by atoms with Crippen molar-refractivity contribution in [2.24, 2.45) is 11.7 Å². The van der Waals surface area contributed by atoms with E-state index in [1.165, 1.54) is 25.7 Å². The van der Waals surface area contributed by atoms with Crippen molar-refractivity contribution >= 4 is 0 Å². The van der Waals surface area contributed by atoms with E-state index in [4.69, 9.17) is 5.73 Å². The molecule has 3 N–H and O–H groups in total. The molecule has 0 saturated heterocycles. The van der Waals surface area contributed by atoms with Crippen molar-refractivity contribution in [3.8, 4) is 0 Å². The van der Waals surface area contributed by atoms with Crippen molar-refractivity contribution in [3.63, 3.8) is 0 Å². The molecule has 0 bridgehead atoms. The van der Waals surface area contributed by atoms with E-state index >= 15 is 0 Å². The minimum atomic E-state index is 0.00799. The summed E-state index contributed by atoms with van der Waals surface area (Å²) in [5.74, 6) is 0.978. The van der Waals surface area contributed by atoms with Crippen LogP contribution in [0.15, 0.2) is 0 Å². The maximum atomic E-state index is 5.92. The first-order valence-corrected chi connectivity index (χ1v) is 6.05. The van der Waals surface area contributed by atoms with Gasteiger partial charge in [0.05, 0.1) is 0 Å². The van der Waals surface area contributed by atoms with Crippen molar-refractivity contribution in [1.29, 1.82) is 0 Å². The largest absolute Gasteiger partial charge is 0.326 e. The fourth-order valence-electron chi connectivity index (χ4n) is 2.02. The predicted octanol–water partition coefficient (Wildman–Crippen LogP) is 2.28. The third-order valence-corrected chi connectivity index (χ3v) is 2.99. The number of nitrogens with one attached hydrogen (secondary N) is 1. The van der Waals surface area contributed by atoms with Crippen LogP contribution >= 0.6 is 0 Å². The molecule has 2 nitrogen and oxygen atoms in total. The molecule has 1 aliphatic rings. The molecule has 1 fully saturated rings. The zero-order valence-corrected chi connectivity index (χ0v) is 9.97. The van der Waals surface area contributed by atoms with E-state index in [9.17, 15) is 0 Å². The Hall–Kier alpha value is -0.0800. The maximum absolute atomic E-state index is 5.92. The Morgan fingerprint density at radius 3 is 2.71 bits per heavy atom. The summed E-state index contributed by atoms with van der Waals surface area (Å²) in [4.78, 5) is 0. The summed E-state index contributed by atoms with van der Waals surface area (Å²) < 4.78 is 0. The van der Waals surface area contributed by atoms with Crippen molar-refractivity contribution in [2.45, 2.75) is 64.5 Å². The van der Waals surface area contributed by atoms with Gasteiger partial charge in [0.2, 0.25) is 0 Å². The topological polar surface area (TPSA) is 38.0 Å². The highest BCUT2D eigenvalue weighted by molar-refractivity contribution is 4.92. The summed E-state index contributed by atoms with van der Waals surface area (Å²) in [5, 5.41) is 3.61. The van der Waals surface area contributed by atoms with Crippen molar-refractivity contribution in [2.75, 3.05) is 6.54 Å². The lowest BCUT2D eigenvalue weighted by Gasteiger charge is -2.17. The van der Waals surface area contributed by atoms with E-state index in [1.807, 2.05) is 0 Å². The fourth-order valence-corrected chi connectivity index (χ4v) is 2.02. The van der Waals surface area contributed by atoms with Crippen LogP contribution in [0.2, 0.25) is 0 Å². The van der Waals surface area contributed by atoms with E-state index < -0.39 is 0 Å². The molecule has 0 spiro atoms. The van der Waals surface area contributed by atoms with Gasteiger partial charge in [-0.15, -0.1) is 0 Å². The Kier molecular flexibility index (Phi) is 4.39. The summed E-state index contributed by atoms with van der Waals surface area (Å²) in [5.41, 5.74) is 5.92. The molecule has 1 aliphatic carbocycles. The molecule has 0 aromatic heterocycles. The molecule has 2 heteroatoms. The van der Waals surface area contributed by atoms with Crippen LogP contribution in [-0.2, 0) is 0 Å². The van der Waals surface area contributed by atoms with Gasteiger partial charge in [-0.25, -0.2) is 0 Å². The lowest BCUT2D eigenvalue weighted by Crippen LogP contribution is -2.33. The molecule has 0 heterocycles. The zero-order valence-electron chi connectivity index (χ0n) is 9.97. The summed E-state index contributed by atoms with van der Waals surface area (Å²) in [6.07, 6.45) is 6.46. The SMILES string of the molecule is CCCC1CC1NCCCC(C)(C)N. The van der Waals surface area contributed by atoms with Gasteiger partial charge in [0.15, 0.2) is 0 Å². The summed E-state index contributed by atoms with van der Waals surface area (Å²) >= 11 is 0. The molecule has 2 unspecified atom stereocenters. The first-order valence-electron chi connectivity index (χ1n) is 6.05. The number of rotatable bonds is 7. The molecule has 14 heavy (non-hydrogen) atoms. The smallest absolute Gasteiger partial charge is 0.00991 e. The van der Waals surface area contributed by atoms with E-state index in [1.54, 1.807) is 0 Å². The third kappa shape index (κ3) is 4.97. The highest BCUT2D eigenvalue weighted by atomic mass is 15.0. The Bertz CT molecular complexity index is 160. The van der Waals surface area contributed by atoms with Gasteiger partial charge in [-0.3, -0.25) is 0 Å². The average Bonchev–Trinajstić information content (AvgIpc) is 2.77. The second-order valence-electron chi connectivity index (χ2n) is 5.44. The Morgan fingerprint density at radius 1 is 1.43 bits per heavy atom. The minimum Gasteiger partial charge on any atom is -0.326 e. The molecule has 2 atom stereocenters. The molecular weight excluding hydrogens is 172 g/mol. The van der Waals surface area contributed by atoms with Gasteiger partial charge in [0, 0.05) is 11.6 Å². The quantitative estimate of drug-likeness (QED) is 0.616. The van der Waals surface area contributed by atoms with Crippen molar-refractivity contribution in [3.05, 3.63) is 0 Å². The van der Waals surface area contributed by atoms with Crippen LogP contribution in [0.3, 0.4) is 0 Å². The van der Waals surface area contributed by atoms with E-state index in [-0.39, 0.29) is 5.54 Å². The summed E-state index contributed by atoms with van der Waals surface area (Å²) in [6, 6.07) is 0.829. The maximum Gasteiger partial charge on any atom is 0.00991 e. The number of nitrogens with two attached hydrogens (primary N) is 1. The molecule has 0 aliphatic heterocycles. The monoisotopic (exact) mass is 198 g/mol. The highest BCUT2D eigenvalue weighted by Crippen LogP contribution is 2.34. The lowest BCUT2D eigenvalue weighted by molar-refractivity contribution is 0.445. The molecule has 0 aromatic carbocycles. The Morgan fingerprint density at radius 2 is 2.14 bits per heavy atom. The summed E-state index contributed by atoms with van der Waals surface area (Å²) in [6.45, 7) is 7.62. The molecule has 0 aromatic rings. The van der Waals surface area contributed by atoms with E-state index in [0.717, 1.165) is 24.9 Å².